The van der Waals surface area contributed by atoms with Gasteiger partial charge in [-0.05, 0) is 25.3 Å². The second kappa shape index (κ2) is 5.75. The Balaban J connectivity index is 2.80. The molecule has 0 aliphatic rings. The highest BCUT2D eigenvalue weighted by molar-refractivity contribution is 5.89. The minimum Gasteiger partial charge on any atom is -0.458 e. The summed E-state index contributed by atoms with van der Waals surface area (Å²) in [5, 5.41) is 0. The molecule has 0 aromatic carbocycles. The Bertz CT molecular complexity index is 383. The summed E-state index contributed by atoms with van der Waals surface area (Å²) in [6, 6.07) is 1.67. The molecule has 0 saturated heterocycles. The van der Waals surface area contributed by atoms with Crippen molar-refractivity contribution >= 4 is 11.7 Å². The first-order valence-electron chi connectivity index (χ1n) is 6.12. The predicted octanol–water partition coefficient (Wildman–Crippen LogP) is 2.68. The van der Waals surface area contributed by atoms with Crippen LogP contribution in [-0.2, 0) is 11.3 Å². The van der Waals surface area contributed by atoms with Crippen LogP contribution in [-0.4, -0.2) is 16.6 Å². The average Bonchev–Trinajstić information content (AvgIpc) is 2.60. The number of esters is 1. The van der Waals surface area contributed by atoms with Gasteiger partial charge >= 0.3 is 5.97 Å². The van der Waals surface area contributed by atoms with E-state index >= 15 is 0 Å². The molecule has 0 amide bonds. The number of aryl methyl sites for hydroxylation is 1. The average molecular weight is 238 g/mol. The molecule has 17 heavy (non-hydrogen) atoms. The molecule has 1 unspecified atom stereocenters. The maximum absolute atomic E-state index is 12.0. The third-order valence-electron chi connectivity index (χ3n) is 2.82. The number of nitrogens with two attached hydrogens (primary N) is 1. The largest absolute Gasteiger partial charge is 0.458 e. The standard InChI is InChI=1S/C13H22N2O2/c1-5-6-15-8-11(14)7-12(15)13(16)17-10(4)9(2)3/h7-10H,5-6,14H2,1-4H3. The van der Waals surface area contributed by atoms with Gasteiger partial charge in [-0.3, -0.25) is 0 Å². The lowest BCUT2D eigenvalue weighted by Crippen LogP contribution is -2.22. The van der Waals surface area contributed by atoms with Crippen molar-refractivity contribution in [1.29, 1.82) is 0 Å². The molecule has 0 aliphatic heterocycles. The minimum atomic E-state index is -0.295. The first-order chi connectivity index (χ1) is 7.95. The Hall–Kier alpha value is -1.45. The Kier molecular flexibility index (Phi) is 4.61. The number of aromatic nitrogens is 1. The summed E-state index contributed by atoms with van der Waals surface area (Å²) in [5.74, 6) is 0.0160. The van der Waals surface area contributed by atoms with Crippen molar-refractivity contribution in [3.8, 4) is 0 Å². The summed E-state index contributed by atoms with van der Waals surface area (Å²) in [5.41, 5.74) is 6.85. The van der Waals surface area contributed by atoms with Crippen LogP contribution in [0.2, 0.25) is 0 Å². The molecule has 0 bridgehead atoms. The second-order valence-electron chi connectivity index (χ2n) is 4.71. The maximum Gasteiger partial charge on any atom is 0.355 e. The molecule has 2 N–H and O–H groups in total. The third kappa shape index (κ3) is 3.51. The van der Waals surface area contributed by atoms with Gasteiger partial charge in [0.1, 0.15) is 11.8 Å². The Labute approximate surface area is 103 Å². The van der Waals surface area contributed by atoms with Gasteiger partial charge in [-0.25, -0.2) is 4.79 Å². The molecule has 0 radical (unpaired) electrons. The molecule has 1 aromatic rings. The van der Waals surface area contributed by atoms with Crippen molar-refractivity contribution in [1.82, 2.24) is 4.57 Å². The Morgan fingerprint density at radius 2 is 2.12 bits per heavy atom. The topological polar surface area (TPSA) is 57.2 Å². The van der Waals surface area contributed by atoms with Crippen molar-refractivity contribution in [2.45, 2.75) is 46.8 Å². The van der Waals surface area contributed by atoms with Crippen LogP contribution in [0.3, 0.4) is 0 Å². The number of rotatable bonds is 5. The van der Waals surface area contributed by atoms with Crippen LogP contribution >= 0.6 is 0 Å². The van der Waals surface area contributed by atoms with E-state index < -0.39 is 0 Å². The molecule has 0 spiro atoms. The van der Waals surface area contributed by atoms with Gasteiger partial charge in [-0.1, -0.05) is 20.8 Å². The number of anilines is 1. The zero-order chi connectivity index (χ0) is 13.0. The summed E-state index contributed by atoms with van der Waals surface area (Å²) in [7, 11) is 0. The molecule has 0 saturated carbocycles. The number of hydrogen-bond donors (Lipinski definition) is 1. The highest BCUT2D eigenvalue weighted by atomic mass is 16.5. The Morgan fingerprint density at radius 1 is 1.47 bits per heavy atom. The number of carbonyl (C=O) groups excluding carboxylic acids is 1. The van der Waals surface area contributed by atoms with Crippen molar-refractivity contribution in [2.24, 2.45) is 5.92 Å². The van der Waals surface area contributed by atoms with Crippen molar-refractivity contribution in [3.05, 3.63) is 18.0 Å². The summed E-state index contributed by atoms with van der Waals surface area (Å²) < 4.78 is 7.23. The number of hydrogen-bond acceptors (Lipinski definition) is 3. The van der Waals surface area contributed by atoms with Crippen molar-refractivity contribution < 1.29 is 9.53 Å². The normalized spacial score (nSPS) is 12.8. The fourth-order valence-electron chi connectivity index (χ4n) is 1.49. The smallest absolute Gasteiger partial charge is 0.355 e. The molecule has 0 aliphatic carbocycles. The summed E-state index contributed by atoms with van der Waals surface area (Å²) in [6.45, 7) is 8.79. The molecule has 96 valence electrons. The van der Waals surface area contributed by atoms with Crippen LogP contribution < -0.4 is 5.73 Å². The monoisotopic (exact) mass is 238 g/mol. The van der Waals surface area contributed by atoms with Gasteiger partial charge in [-0.2, -0.15) is 0 Å². The molecular formula is C13H22N2O2. The van der Waals surface area contributed by atoms with Gasteiger partial charge < -0.3 is 15.0 Å². The van der Waals surface area contributed by atoms with Crippen molar-refractivity contribution in [3.63, 3.8) is 0 Å². The molecular weight excluding hydrogens is 216 g/mol. The molecule has 1 aromatic heterocycles. The lowest BCUT2D eigenvalue weighted by molar-refractivity contribution is 0.0226. The lowest BCUT2D eigenvalue weighted by Gasteiger charge is -2.17. The van der Waals surface area contributed by atoms with E-state index in [1.807, 2.05) is 25.3 Å². The van der Waals surface area contributed by atoms with Gasteiger partial charge in [-0.15, -0.1) is 0 Å². The SMILES string of the molecule is CCCn1cc(N)cc1C(=O)OC(C)C(C)C. The predicted molar refractivity (Wildman–Crippen MR) is 68.9 cm³/mol. The van der Waals surface area contributed by atoms with Gasteiger partial charge in [0.15, 0.2) is 0 Å². The molecule has 4 heteroatoms. The fourth-order valence-corrected chi connectivity index (χ4v) is 1.49. The summed E-state index contributed by atoms with van der Waals surface area (Å²) in [4.78, 5) is 12.0. The summed E-state index contributed by atoms with van der Waals surface area (Å²) >= 11 is 0. The van der Waals surface area contributed by atoms with Crippen LogP contribution in [0.5, 0.6) is 0 Å². The quantitative estimate of drug-likeness (QED) is 0.802. The molecule has 1 rings (SSSR count). The highest BCUT2D eigenvalue weighted by Crippen LogP contribution is 2.15. The first-order valence-corrected chi connectivity index (χ1v) is 6.12. The Morgan fingerprint density at radius 3 is 2.65 bits per heavy atom. The molecule has 4 nitrogen and oxygen atoms in total. The van der Waals surface area contributed by atoms with Gasteiger partial charge in [0, 0.05) is 12.7 Å². The number of nitrogen functional groups attached to an aromatic ring is 1. The molecule has 1 heterocycles. The van der Waals surface area contributed by atoms with E-state index in [0.29, 0.717) is 17.3 Å². The van der Waals surface area contributed by atoms with Crippen LogP contribution in [0.25, 0.3) is 0 Å². The zero-order valence-corrected chi connectivity index (χ0v) is 11.1. The van der Waals surface area contributed by atoms with Crippen LogP contribution in [0.15, 0.2) is 12.3 Å². The van der Waals surface area contributed by atoms with E-state index in [4.69, 9.17) is 10.5 Å². The lowest BCUT2D eigenvalue weighted by atomic mass is 10.1. The molecule has 0 fully saturated rings. The number of nitrogens with zero attached hydrogens (tertiary/aromatic N) is 1. The third-order valence-corrected chi connectivity index (χ3v) is 2.82. The van der Waals surface area contributed by atoms with E-state index in [1.54, 1.807) is 12.3 Å². The fraction of sp³-hybridized carbons (Fsp3) is 0.615. The van der Waals surface area contributed by atoms with E-state index in [9.17, 15) is 4.79 Å². The maximum atomic E-state index is 12.0. The molecule has 1 atom stereocenters. The van der Waals surface area contributed by atoms with E-state index in [0.717, 1.165) is 13.0 Å². The van der Waals surface area contributed by atoms with E-state index in [1.165, 1.54) is 0 Å². The van der Waals surface area contributed by atoms with Crippen LogP contribution in [0.4, 0.5) is 5.69 Å². The van der Waals surface area contributed by atoms with Crippen LogP contribution in [0, 0.1) is 5.92 Å². The van der Waals surface area contributed by atoms with E-state index in [-0.39, 0.29) is 12.1 Å². The van der Waals surface area contributed by atoms with Crippen molar-refractivity contribution in [2.75, 3.05) is 5.73 Å². The van der Waals surface area contributed by atoms with Gasteiger partial charge in [0.05, 0.1) is 5.69 Å². The summed E-state index contributed by atoms with van der Waals surface area (Å²) in [6.07, 6.45) is 2.64. The van der Waals surface area contributed by atoms with E-state index in [2.05, 4.69) is 6.92 Å². The van der Waals surface area contributed by atoms with Gasteiger partial charge in [0.2, 0.25) is 0 Å². The first kappa shape index (κ1) is 13.6. The second-order valence-corrected chi connectivity index (χ2v) is 4.71. The number of ether oxygens (including phenoxy) is 1. The minimum absolute atomic E-state index is 0.0892. The number of carbonyl (C=O) groups is 1. The van der Waals surface area contributed by atoms with Gasteiger partial charge in [0.25, 0.3) is 0 Å². The van der Waals surface area contributed by atoms with Crippen LogP contribution in [0.1, 0.15) is 44.6 Å². The zero-order valence-electron chi connectivity index (χ0n) is 11.1. The highest BCUT2D eigenvalue weighted by Gasteiger charge is 2.18.